The summed E-state index contributed by atoms with van der Waals surface area (Å²) in [6.45, 7) is 6.71. The summed E-state index contributed by atoms with van der Waals surface area (Å²) < 4.78 is 5.18. The molecule has 0 bridgehead atoms. The van der Waals surface area contributed by atoms with Crippen LogP contribution in [0.1, 0.15) is 64.6 Å². The first-order chi connectivity index (χ1) is 10.3. The zero-order valence-corrected chi connectivity index (χ0v) is 13.8. The fourth-order valence-electron chi connectivity index (χ4n) is 2.68. The quantitative estimate of drug-likeness (QED) is 0.868. The number of aromatic nitrogens is 2. The Hall–Kier alpha value is -1.43. The van der Waals surface area contributed by atoms with E-state index in [1.807, 2.05) is 20.8 Å². The third-order valence-electron chi connectivity index (χ3n) is 4.05. The van der Waals surface area contributed by atoms with Gasteiger partial charge in [0.1, 0.15) is 0 Å². The van der Waals surface area contributed by atoms with Gasteiger partial charge in [-0.1, -0.05) is 32.3 Å². The molecule has 2 unspecified atom stereocenters. The molecule has 2 N–H and O–H groups in total. The van der Waals surface area contributed by atoms with Crippen molar-refractivity contribution in [2.75, 3.05) is 6.54 Å². The van der Waals surface area contributed by atoms with E-state index in [1.165, 1.54) is 0 Å². The Morgan fingerprint density at radius 2 is 2.18 bits per heavy atom. The van der Waals surface area contributed by atoms with E-state index in [2.05, 4.69) is 15.5 Å². The number of aryl methyl sites for hydroxylation is 1. The highest BCUT2D eigenvalue weighted by Crippen LogP contribution is 2.23. The summed E-state index contributed by atoms with van der Waals surface area (Å²) in [5.41, 5.74) is -0.147. The molecule has 2 atom stereocenters. The van der Waals surface area contributed by atoms with Gasteiger partial charge in [0.05, 0.1) is 6.10 Å². The highest BCUT2D eigenvalue weighted by molar-refractivity contribution is 5.75. The molecule has 0 saturated heterocycles. The van der Waals surface area contributed by atoms with Gasteiger partial charge < -0.3 is 14.9 Å². The Morgan fingerprint density at radius 3 is 2.82 bits per heavy atom. The van der Waals surface area contributed by atoms with Gasteiger partial charge in [-0.3, -0.25) is 4.79 Å². The predicted octanol–water partition coefficient (Wildman–Crippen LogP) is 1.97. The van der Waals surface area contributed by atoms with Crippen molar-refractivity contribution in [2.45, 2.75) is 70.8 Å². The van der Waals surface area contributed by atoms with E-state index >= 15 is 0 Å². The molecule has 1 heterocycles. The van der Waals surface area contributed by atoms with Crippen molar-refractivity contribution in [2.24, 2.45) is 5.92 Å². The third kappa shape index (κ3) is 5.09. The van der Waals surface area contributed by atoms with E-state index in [-0.39, 0.29) is 17.4 Å². The number of hydrogen-bond donors (Lipinski definition) is 2. The van der Waals surface area contributed by atoms with Gasteiger partial charge in [-0.25, -0.2) is 0 Å². The van der Waals surface area contributed by atoms with E-state index in [0.717, 1.165) is 25.7 Å². The van der Waals surface area contributed by atoms with Gasteiger partial charge in [0, 0.05) is 24.8 Å². The van der Waals surface area contributed by atoms with Gasteiger partial charge in [-0.2, -0.15) is 4.98 Å². The zero-order chi connectivity index (χ0) is 16.2. The zero-order valence-electron chi connectivity index (χ0n) is 13.8. The largest absolute Gasteiger partial charge is 0.393 e. The Balaban J connectivity index is 1.70. The van der Waals surface area contributed by atoms with Crippen LogP contribution < -0.4 is 5.32 Å². The van der Waals surface area contributed by atoms with Gasteiger partial charge in [0.15, 0.2) is 5.82 Å². The topological polar surface area (TPSA) is 88.2 Å². The maximum atomic E-state index is 11.9. The second kappa shape index (κ2) is 7.22. The van der Waals surface area contributed by atoms with Gasteiger partial charge >= 0.3 is 0 Å². The van der Waals surface area contributed by atoms with E-state index in [4.69, 9.17) is 4.52 Å². The predicted molar refractivity (Wildman–Crippen MR) is 82.3 cm³/mol. The molecule has 1 fully saturated rings. The van der Waals surface area contributed by atoms with Crippen LogP contribution in [0.3, 0.4) is 0 Å². The number of hydrogen-bond acceptors (Lipinski definition) is 5. The summed E-state index contributed by atoms with van der Waals surface area (Å²) in [5, 5.41) is 16.5. The molecule has 0 radical (unpaired) electrons. The van der Waals surface area contributed by atoms with Crippen LogP contribution in [0.2, 0.25) is 0 Å². The molecule has 1 aromatic rings. The first kappa shape index (κ1) is 16.9. The van der Waals surface area contributed by atoms with E-state index in [9.17, 15) is 9.90 Å². The molecule has 124 valence electrons. The molecule has 2 rings (SSSR count). The van der Waals surface area contributed by atoms with Crippen LogP contribution in [0.4, 0.5) is 0 Å². The van der Waals surface area contributed by atoms with E-state index in [0.29, 0.717) is 37.0 Å². The fraction of sp³-hybridized carbons (Fsp3) is 0.812. The maximum Gasteiger partial charge on any atom is 0.227 e. The minimum Gasteiger partial charge on any atom is -0.393 e. The molecule has 0 aliphatic heterocycles. The first-order valence-corrected chi connectivity index (χ1v) is 8.12. The van der Waals surface area contributed by atoms with Crippen molar-refractivity contribution in [3.05, 3.63) is 11.7 Å². The van der Waals surface area contributed by atoms with Crippen LogP contribution in [-0.2, 0) is 16.6 Å². The minimum atomic E-state index is -0.204. The summed E-state index contributed by atoms with van der Waals surface area (Å²) in [6, 6.07) is 0. The Kier molecular flexibility index (Phi) is 5.56. The lowest BCUT2D eigenvalue weighted by molar-refractivity contribution is -0.121. The molecule has 1 aliphatic rings. The monoisotopic (exact) mass is 309 g/mol. The molecule has 6 nitrogen and oxygen atoms in total. The molecule has 0 spiro atoms. The number of amides is 1. The van der Waals surface area contributed by atoms with E-state index in [1.54, 1.807) is 0 Å². The molecular weight excluding hydrogens is 282 g/mol. The number of nitrogens with one attached hydrogen (secondary N) is 1. The van der Waals surface area contributed by atoms with Crippen molar-refractivity contribution in [1.29, 1.82) is 0 Å². The number of aliphatic hydroxyl groups is 1. The van der Waals surface area contributed by atoms with E-state index < -0.39 is 0 Å². The van der Waals surface area contributed by atoms with Crippen LogP contribution in [0.25, 0.3) is 0 Å². The summed E-state index contributed by atoms with van der Waals surface area (Å²) in [5.74, 6) is 1.56. The van der Waals surface area contributed by atoms with Gasteiger partial charge in [0.25, 0.3) is 0 Å². The van der Waals surface area contributed by atoms with Crippen LogP contribution >= 0.6 is 0 Å². The van der Waals surface area contributed by atoms with Crippen molar-refractivity contribution in [1.82, 2.24) is 15.5 Å². The van der Waals surface area contributed by atoms with Crippen LogP contribution in [0, 0.1) is 5.92 Å². The molecule has 1 saturated carbocycles. The minimum absolute atomic E-state index is 0.00410. The summed E-state index contributed by atoms with van der Waals surface area (Å²) in [7, 11) is 0. The van der Waals surface area contributed by atoms with Crippen LogP contribution in [-0.4, -0.2) is 33.8 Å². The van der Waals surface area contributed by atoms with Gasteiger partial charge in [-0.15, -0.1) is 0 Å². The molecule has 0 aromatic carbocycles. The second-order valence-corrected chi connectivity index (χ2v) is 7.25. The van der Waals surface area contributed by atoms with Crippen LogP contribution in [0.5, 0.6) is 0 Å². The Morgan fingerprint density at radius 1 is 1.41 bits per heavy atom. The summed E-state index contributed by atoms with van der Waals surface area (Å²) in [6.07, 6.45) is 4.40. The van der Waals surface area contributed by atoms with Crippen molar-refractivity contribution < 1.29 is 14.4 Å². The van der Waals surface area contributed by atoms with Crippen LogP contribution in [0.15, 0.2) is 4.52 Å². The van der Waals surface area contributed by atoms with Gasteiger partial charge in [-0.05, 0) is 25.2 Å². The lowest BCUT2D eigenvalue weighted by Crippen LogP contribution is -2.33. The summed E-state index contributed by atoms with van der Waals surface area (Å²) >= 11 is 0. The summed E-state index contributed by atoms with van der Waals surface area (Å²) in [4.78, 5) is 16.2. The number of nitrogens with zero attached hydrogens (tertiary/aromatic N) is 2. The Labute approximate surface area is 131 Å². The molecule has 1 aromatic heterocycles. The molecule has 1 aliphatic carbocycles. The number of rotatable bonds is 5. The first-order valence-electron chi connectivity index (χ1n) is 8.12. The molecule has 6 heteroatoms. The average Bonchev–Trinajstić information content (AvgIpc) is 2.92. The van der Waals surface area contributed by atoms with Crippen molar-refractivity contribution >= 4 is 5.91 Å². The number of aliphatic hydroxyl groups excluding tert-OH is 1. The number of carbonyl (C=O) groups is 1. The lowest BCUT2D eigenvalue weighted by atomic mass is 9.87. The van der Waals surface area contributed by atoms with Crippen molar-refractivity contribution in [3.63, 3.8) is 0 Å². The average molecular weight is 309 g/mol. The normalized spacial score (nSPS) is 22.5. The molecule has 1 amide bonds. The molecular formula is C16H27N3O3. The fourth-order valence-corrected chi connectivity index (χ4v) is 2.68. The lowest BCUT2D eigenvalue weighted by Gasteiger charge is -2.25. The second-order valence-electron chi connectivity index (χ2n) is 7.25. The highest BCUT2D eigenvalue weighted by Gasteiger charge is 2.22. The smallest absolute Gasteiger partial charge is 0.227 e. The Bertz CT molecular complexity index is 493. The standard InChI is InChI=1S/C16H27N3O3/c1-16(2,3)15-18-14(22-19-15)8-7-13(21)17-10-11-5-4-6-12(20)9-11/h11-12,20H,4-10H2,1-3H3,(H,17,21). The number of carbonyl (C=O) groups excluding carboxylic acids is 1. The van der Waals surface area contributed by atoms with Gasteiger partial charge in [0.2, 0.25) is 11.8 Å². The third-order valence-corrected chi connectivity index (χ3v) is 4.05. The SMILES string of the molecule is CC(C)(C)c1noc(CCC(=O)NCC2CCCC(O)C2)n1. The molecule has 22 heavy (non-hydrogen) atoms. The maximum absolute atomic E-state index is 11.9. The highest BCUT2D eigenvalue weighted by atomic mass is 16.5. The van der Waals surface area contributed by atoms with Crippen molar-refractivity contribution in [3.8, 4) is 0 Å².